The molecule has 0 saturated heterocycles. The first-order valence-electron chi connectivity index (χ1n) is 8.03. The van der Waals surface area contributed by atoms with Crippen molar-refractivity contribution in [2.24, 2.45) is 5.92 Å². The van der Waals surface area contributed by atoms with E-state index in [9.17, 15) is 4.79 Å². The van der Waals surface area contributed by atoms with Gasteiger partial charge in [0.2, 0.25) is 0 Å². The maximum Gasteiger partial charge on any atom is 0.325 e. The summed E-state index contributed by atoms with van der Waals surface area (Å²) in [5.41, 5.74) is -0.628. The molecule has 1 rings (SSSR count). The number of hydrogen-bond acceptors (Lipinski definition) is 4. The molecule has 118 valence electrons. The van der Waals surface area contributed by atoms with E-state index in [2.05, 4.69) is 12.2 Å². The Balaban J connectivity index is 2.28. The number of esters is 1. The Labute approximate surface area is 123 Å². The highest BCUT2D eigenvalue weighted by Gasteiger charge is 2.33. The lowest BCUT2D eigenvalue weighted by Crippen LogP contribution is -2.51. The van der Waals surface area contributed by atoms with E-state index in [0.29, 0.717) is 13.0 Å². The van der Waals surface area contributed by atoms with E-state index in [0.717, 1.165) is 25.5 Å². The number of ether oxygens (including phenoxy) is 2. The summed E-state index contributed by atoms with van der Waals surface area (Å²) >= 11 is 0. The molecule has 0 radical (unpaired) electrons. The summed E-state index contributed by atoms with van der Waals surface area (Å²) in [4.78, 5) is 11.9. The van der Waals surface area contributed by atoms with Gasteiger partial charge in [-0.2, -0.15) is 0 Å². The van der Waals surface area contributed by atoms with Crippen LogP contribution in [0.25, 0.3) is 0 Å². The number of carbonyl (C=O) groups is 1. The highest BCUT2D eigenvalue weighted by Crippen LogP contribution is 2.24. The Morgan fingerprint density at radius 3 is 2.60 bits per heavy atom. The van der Waals surface area contributed by atoms with Gasteiger partial charge < -0.3 is 14.8 Å². The lowest BCUT2D eigenvalue weighted by atomic mass is 9.90. The van der Waals surface area contributed by atoms with Gasteiger partial charge in [-0.05, 0) is 45.1 Å². The fourth-order valence-corrected chi connectivity index (χ4v) is 2.77. The van der Waals surface area contributed by atoms with Crippen molar-refractivity contribution in [1.29, 1.82) is 0 Å². The van der Waals surface area contributed by atoms with E-state index in [1.807, 2.05) is 6.92 Å². The second-order valence-electron chi connectivity index (χ2n) is 6.08. The molecule has 20 heavy (non-hydrogen) atoms. The zero-order valence-electron chi connectivity index (χ0n) is 13.4. The average Bonchev–Trinajstić information content (AvgIpc) is 2.49. The van der Waals surface area contributed by atoms with Gasteiger partial charge in [0.15, 0.2) is 0 Å². The van der Waals surface area contributed by atoms with Crippen molar-refractivity contribution >= 4 is 5.97 Å². The number of rotatable bonds is 9. The summed E-state index contributed by atoms with van der Waals surface area (Å²) in [7, 11) is 1.44. The summed E-state index contributed by atoms with van der Waals surface area (Å²) < 4.78 is 10.7. The van der Waals surface area contributed by atoms with Crippen LogP contribution in [0.4, 0.5) is 0 Å². The molecule has 1 unspecified atom stereocenters. The normalized spacial score (nSPS) is 19.6. The van der Waals surface area contributed by atoms with Crippen molar-refractivity contribution in [2.75, 3.05) is 26.9 Å². The average molecular weight is 285 g/mol. The molecule has 0 aromatic carbocycles. The molecule has 1 saturated carbocycles. The van der Waals surface area contributed by atoms with Crippen molar-refractivity contribution in [3.8, 4) is 0 Å². The zero-order chi connectivity index (χ0) is 14.8. The second-order valence-corrected chi connectivity index (χ2v) is 6.08. The van der Waals surface area contributed by atoms with Crippen LogP contribution in [0.5, 0.6) is 0 Å². The van der Waals surface area contributed by atoms with E-state index in [1.54, 1.807) is 0 Å². The molecule has 1 aliphatic rings. The molecule has 0 amide bonds. The third-order valence-electron chi connectivity index (χ3n) is 4.23. The Hall–Kier alpha value is -0.610. The molecule has 0 bridgehead atoms. The predicted molar refractivity (Wildman–Crippen MR) is 80.7 cm³/mol. The molecule has 4 heteroatoms. The summed E-state index contributed by atoms with van der Waals surface area (Å²) in [6.07, 6.45) is 8.29. The first-order chi connectivity index (χ1) is 9.62. The standard InChI is InChI=1S/C16H31NO3/c1-4-11-17-16(2,15(18)19-3)10-12-20-13-14-8-6-5-7-9-14/h14,17H,4-13H2,1-3H3. The zero-order valence-corrected chi connectivity index (χ0v) is 13.4. The second kappa shape index (κ2) is 9.35. The van der Waals surface area contributed by atoms with Crippen LogP contribution in [-0.4, -0.2) is 38.4 Å². The van der Waals surface area contributed by atoms with Crippen molar-refractivity contribution in [2.45, 2.75) is 64.3 Å². The van der Waals surface area contributed by atoms with Crippen LogP contribution in [0.3, 0.4) is 0 Å². The van der Waals surface area contributed by atoms with Gasteiger partial charge in [-0.15, -0.1) is 0 Å². The monoisotopic (exact) mass is 285 g/mol. The largest absolute Gasteiger partial charge is 0.468 e. The van der Waals surface area contributed by atoms with E-state index in [1.165, 1.54) is 39.2 Å². The van der Waals surface area contributed by atoms with Crippen LogP contribution in [0.2, 0.25) is 0 Å². The summed E-state index contributed by atoms with van der Waals surface area (Å²) in [6, 6.07) is 0. The van der Waals surface area contributed by atoms with Gasteiger partial charge in [-0.3, -0.25) is 4.79 Å². The molecule has 0 aromatic heterocycles. The van der Waals surface area contributed by atoms with Crippen LogP contribution in [0, 0.1) is 5.92 Å². The minimum Gasteiger partial charge on any atom is -0.468 e. The highest BCUT2D eigenvalue weighted by molar-refractivity contribution is 5.80. The fraction of sp³-hybridized carbons (Fsp3) is 0.938. The molecule has 0 spiro atoms. The van der Waals surface area contributed by atoms with E-state index >= 15 is 0 Å². The summed E-state index contributed by atoms with van der Waals surface area (Å²) in [5.74, 6) is 0.518. The van der Waals surface area contributed by atoms with Crippen LogP contribution in [0.1, 0.15) is 58.8 Å². The molecular weight excluding hydrogens is 254 g/mol. The van der Waals surface area contributed by atoms with Gasteiger partial charge in [0.05, 0.1) is 7.11 Å². The highest BCUT2D eigenvalue weighted by atomic mass is 16.5. The number of nitrogens with one attached hydrogen (secondary N) is 1. The first kappa shape index (κ1) is 17.4. The van der Waals surface area contributed by atoms with Gasteiger partial charge in [0, 0.05) is 13.2 Å². The van der Waals surface area contributed by atoms with Gasteiger partial charge in [0.25, 0.3) is 0 Å². The molecule has 0 heterocycles. The van der Waals surface area contributed by atoms with Crippen LogP contribution in [-0.2, 0) is 14.3 Å². The summed E-state index contributed by atoms with van der Waals surface area (Å²) in [5, 5.41) is 3.28. The fourth-order valence-electron chi connectivity index (χ4n) is 2.77. The van der Waals surface area contributed by atoms with E-state index in [4.69, 9.17) is 9.47 Å². The van der Waals surface area contributed by atoms with Crippen molar-refractivity contribution in [3.05, 3.63) is 0 Å². The molecule has 1 atom stereocenters. The van der Waals surface area contributed by atoms with Gasteiger partial charge in [-0.1, -0.05) is 26.2 Å². The van der Waals surface area contributed by atoms with Crippen molar-refractivity contribution < 1.29 is 14.3 Å². The Bertz CT molecular complexity index is 277. The molecule has 0 aliphatic heterocycles. The van der Waals surface area contributed by atoms with Gasteiger partial charge in [0.1, 0.15) is 5.54 Å². The van der Waals surface area contributed by atoms with Crippen molar-refractivity contribution in [1.82, 2.24) is 5.32 Å². The van der Waals surface area contributed by atoms with Crippen LogP contribution < -0.4 is 5.32 Å². The third kappa shape index (κ3) is 5.80. The van der Waals surface area contributed by atoms with Gasteiger partial charge in [-0.25, -0.2) is 0 Å². The topological polar surface area (TPSA) is 47.6 Å². The number of methoxy groups -OCH3 is 1. The smallest absolute Gasteiger partial charge is 0.325 e. The SMILES string of the molecule is CCCNC(C)(CCOCC1CCCCC1)C(=O)OC. The molecular formula is C16H31NO3. The van der Waals surface area contributed by atoms with E-state index < -0.39 is 5.54 Å². The first-order valence-corrected chi connectivity index (χ1v) is 8.03. The molecule has 1 N–H and O–H groups in total. The minimum atomic E-state index is -0.628. The number of carbonyl (C=O) groups excluding carboxylic acids is 1. The Kier molecular flexibility index (Phi) is 8.15. The molecule has 4 nitrogen and oxygen atoms in total. The summed E-state index contributed by atoms with van der Waals surface area (Å²) in [6.45, 7) is 6.25. The molecule has 0 aromatic rings. The quantitative estimate of drug-likeness (QED) is 0.523. The lowest BCUT2D eigenvalue weighted by molar-refractivity contribution is -0.148. The minimum absolute atomic E-state index is 0.202. The third-order valence-corrected chi connectivity index (χ3v) is 4.23. The Morgan fingerprint density at radius 1 is 1.30 bits per heavy atom. The maximum atomic E-state index is 11.9. The number of hydrogen-bond donors (Lipinski definition) is 1. The predicted octanol–water partition coefficient (Wildman–Crippen LogP) is 2.90. The van der Waals surface area contributed by atoms with Crippen LogP contribution in [0.15, 0.2) is 0 Å². The van der Waals surface area contributed by atoms with Gasteiger partial charge >= 0.3 is 5.97 Å². The molecule has 1 aliphatic carbocycles. The molecule has 1 fully saturated rings. The lowest BCUT2D eigenvalue weighted by Gasteiger charge is -2.28. The van der Waals surface area contributed by atoms with Crippen LogP contribution >= 0.6 is 0 Å². The Morgan fingerprint density at radius 2 is 2.00 bits per heavy atom. The van der Waals surface area contributed by atoms with E-state index in [-0.39, 0.29) is 5.97 Å². The maximum absolute atomic E-state index is 11.9. The van der Waals surface area contributed by atoms with Crippen molar-refractivity contribution in [3.63, 3.8) is 0 Å².